The fourth-order valence-corrected chi connectivity index (χ4v) is 2.01. The Labute approximate surface area is 107 Å². The number of pyridine rings is 1. The number of carbonyl (C=O) groups is 1. The molecule has 1 saturated carbocycles. The third-order valence-electron chi connectivity index (χ3n) is 3.23. The van der Waals surface area contributed by atoms with Crippen molar-refractivity contribution in [2.45, 2.75) is 18.9 Å². The van der Waals surface area contributed by atoms with E-state index >= 15 is 0 Å². The summed E-state index contributed by atoms with van der Waals surface area (Å²) in [6, 6.07) is 3.48. The molecule has 1 amide bonds. The Balaban J connectivity index is 1.90. The van der Waals surface area contributed by atoms with Crippen LogP contribution >= 0.6 is 0 Å². The van der Waals surface area contributed by atoms with E-state index in [0.29, 0.717) is 18.0 Å². The Morgan fingerprint density at radius 3 is 2.89 bits per heavy atom. The van der Waals surface area contributed by atoms with Gasteiger partial charge in [-0.25, -0.2) is 4.98 Å². The maximum Gasteiger partial charge on any atom is 0.251 e. The van der Waals surface area contributed by atoms with Gasteiger partial charge in [0, 0.05) is 32.4 Å². The molecule has 0 bridgehead atoms. The maximum absolute atomic E-state index is 11.9. The van der Waals surface area contributed by atoms with E-state index in [4.69, 9.17) is 0 Å². The Bertz CT molecular complexity index is 428. The molecule has 0 atom stereocenters. The average molecular weight is 249 g/mol. The van der Waals surface area contributed by atoms with Crippen molar-refractivity contribution in [3.05, 3.63) is 23.9 Å². The highest BCUT2D eigenvalue weighted by Gasteiger charge is 2.27. The van der Waals surface area contributed by atoms with Crippen molar-refractivity contribution < 1.29 is 9.90 Å². The van der Waals surface area contributed by atoms with Gasteiger partial charge in [-0.05, 0) is 30.9 Å². The molecular weight excluding hydrogens is 230 g/mol. The molecule has 0 saturated heterocycles. The number of carbonyl (C=O) groups excluding carboxylic acids is 1. The van der Waals surface area contributed by atoms with Gasteiger partial charge in [-0.3, -0.25) is 4.79 Å². The van der Waals surface area contributed by atoms with E-state index in [1.165, 1.54) is 0 Å². The Morgan fingerprint density at radius 2 is 2.28 bits per heavy atom. The van der Waals surface area contributed by atoms with E-state index in [1.807, 2.05) is 19.0 Å². The van der Waals surface area contributed by atoms with Crippen LogP contribution in [0.5, 0.6) is 0 Å². The number of nitrogens with zero attached hydrogens (tertiary/aromatic N) is 2. The van der Waals surface area contributed by atoms with Crippen molar-refractivity contribution >= 4 is 11.7 Å². The van der Waals surface area contributed by atoms with Crippen LogP contribution in [0.4, 0.5) is 5.82 Å². The second-order valence-electron chi connectivity index (χ2n) is 5.00. The summed E-state index contributed by atoms with van der Waals surface area (Å²) < 4.78 is 0. The van der Waals surface area contributed by atoms with Crippen molar-refractivity contribution in [1.82, 2.24) is 10.3 Å². The number of amides is 1. The molecule has 1 heterocycles. The van der Waals surface area contributed by atoms with Crippen molar-refractivity contribution in [1.29, 1.82) is 0 Å². The van der Waals surface area contributed by atoms with Crippen molar-refractivity contribution in [2.24, 2.45) is 5.92 Å². The molecule has 0 aliphatic heterocycles. The first-order chi connectivity index (χ1) is 8.56. The zero-order chi connectivity index (χ0) is 13.1. The van der Waals surface area contributed by atoms with E-state index in [2.05, 4.69) is 10.3 Å². The van der Waals surface area contributed by atoms with Gasteiger partial charge in [-0.1, -0.05) is 0 Å². The minimum atomic E-state index is -0.173. The summed E-state index contributed by atoms with van der Waals surface area (Å²) in [5.41, 5.74) is 0.619. The Hall–Kier alpha value is -1.62. The van der Waals surface area contributed by atoms with E-state index in [0.717, 1.165) is 18.7 Å². The van der Waals surface area contributed by atoms with Crippen LogP contribution in [0.15, 0.2) is 18.3 Å². The Kier molecular flexibility index (Phi) is 3.81. The lowest BCUT2D eigenvalue weighted by Crippen LogP contribution is -2.38. The number of nitrogens with one attached hydrogen (secondary N) is 1. The van der Waals surface area contributed by atoms with Gasteiger partial charge in [0.25, 0.3) is 5.91 Å². The number of hydrogen-bond donors (Lipinski definition) is 2. The van der Waals surface area contributed by atoms with Gasteiger partial charge in [-0.2, -0.15) is 0 Å². The zero-order valence-electron chi connectivity index (χ0n) is 10.8. The van der Waals surface area contributed by atoms with Gasteiger partial charge in [0.05, 0.1) is 6.10 Å². The number of aromatic nitrogens is 1. The first-order valence-electron chi connectivity index (χ1n) is 6.16. The summed E-state index contributed by atoms with van der Waals surface area (Å²) in [7, 11) is 3.78. The molecule has 1 aliphatic carbocycles. The fraction of sp³-hybridized carbons (Fsp3) is 0.538. The molecule has 18 heavy (non-hydrogen) atoms. The molecule has 1 fully saturated rings. The largest absolute Gasteiger partial charge is 0.393 e. The van der Waals surface area contributed by atoms with Crippen LogP contribution in [0.3, 0.4) is 0 Å². The third-order valence-corrected chi connectivity index (χ3v) is 3.23. The van der Waals surface area contributed by atoms with Gasteiger partial charge in [0.2, 0.25) is 0 Å². The second kappa shape index (κ2) is 5.35. The Morgan fingerprint density at radius 1 is 1.56 bits per heavy atom. The number of hydrogen-bond acceptors (Lipinski definition) is 4. The third kappa shape index (κ3) is 2.98. The molecule has 0 spiro atoms. The van der Waals surface area contributed by atoms with Gasteiger partial charge in [0.15, 0.2) is 0 Å². The van der Waals surface area contributed by atoms with Crippen LogP contribution in [0.2, 0.25) is 0 Å². The molecule has 1 aromatic heterocycles. The van der Waals surface area contributed by atoms with E-state index in [1.54, 1.807) is 18.3 Å². The molecule has 0 unspecified atom stereocenters. The van der Waals surface area contributed by atoms with Crippen LogP contribution in [-0.2, 0) is 0 Å². The van der Waals surface area contributed by atoms with Gasteiger partial charge < -0.3 is 15.3 Å². The number of rotatable bonds is 4. The number of aliphatic hydroxyl groups is 1. The van der Waals surface area contributed by atoms with Crippen LogP contribution < -0.4 is 10.2 Å². The molecule has 1 aliphatic rings. The molecule has 0 radical (unpaired) electrons. The summed E-state index contributed by atoms with van der Waals surface area (Å²) in [4.78, 5) is 18.0. The van der Waals surface area contributed by atoms with E-state index in [-0.39, 0.29) is 12.0 Å². The number of aliphatic hydroxyl groups excluding tert-OH is 1. The molecule has 5 nitrogen and oxygen atoms in total. The highest BCUT2D eigenvalue weighted by Crippen LogP contribution is 2.26. The normalized spacial score (nSPS) is 22.2. The molecule has 2 rings (SSSR count). The standard InChI is InChI=1S/C13H19N3O2/c1-16(2)12-7-10(3-4-14-12)13(18)15-8-9-5-11(17)6-9/h3-4,7,9,11,17H,5-6,8H2,1-2H3,(H,15,18). The second-order valence-corrected chi connectivity index (χ2v) is 5.00. The number of anilines is 1. The monoisotopic (exact) mass is 249 g/mol. The lowest BCUT2D eigenvalue weighted by molar-refractivity contribution is 0.0420. The molecule has 98 valence electrons. The average Bonchev–Trinajstić information content (AvgIpc) is 2.33. The molecule has 1 aromatic rings. The topological polar surface area (TPSA) is 65.5 Å². The molecular formula is C13H19N3O2. The van der Waals surface area contributed by atoms with Gasteiger partial charge in [-0.15, -0.1) is 0 Å². The summed E-state index contributed by atoms with van der Waals surface area (Å²) >= 11 is 0. The molecule has 2 N–H and O–H groups in total. The first kappa shape index (κ1) is 12.8. The lowest BCUT2D eigenvalue weighted by atomic mass is 9.82. The predicted octanol–water partition coefficient (Wildman–Crippen LogP) is 0.648. The van der Waals surface area contributed by atoms with Crippen molar-refractivity contribution in [3.63, 3.8) is 0 Å². The zero-order valence-corrected chi connectivity index (χ0v) is 10.8. The minimum Gasteiger partial charge on any atom is -0.393 e. The fourth-order valence-electron chi connectivity index (χ4n) is 2.01. The lowest BCUT2D eigenvalue weighted by Gasteiger charge is -2.31. The molecule has 5 heteroatoms. The summed E-state index contributed by atoms with van der Waals surface area (Å²) in [6.07, 6.45) is 3.05. The van der Waals surface area contributed by atoms with Crippen LogP contribution in [0, 0.1) is 5.92 Å². The van der Waals surface area contributed by atoms with E-state index in [9.17, 15) is 9.90 Å². The van der Waals surface area contributed by atoms with Crippen LogP contribution in [0.25, 0.3) is 0 Å². The summed E-state index contributed by atoms with van der Waals surface area (Å²) in [5.74, 6) is 1.10. The predicted molar refractivity (Wildman–Crippen MR) is 69.6 cm³/mol. The molecule has 0 aromatic carbocycles. The highest BCUT2D eigenvalue weighted by atomic mass is 16.3. The van der Waals surface area contributed by atoms with Crippen molar-refractivity contribution in [2.75, 3.05) is 25.5 Å². The van der Waals surface area contributed by atoms with Crippen LogP contribution in [0.1, 0.15) is 23.2 Å². The highest BCUT2D eigenvalue weighted by molar-refractivity contribution is 5.94. The van der Waals surface area contributed by atoms with Crippen molar-refractivity contribution in [3.8, 4) is 0 Å². The quantitative estimate of drug-likeness (QED) is 0.822. The SMILES string of the molecule is CN(C)c1cc(C(=O)NCC2CC(O)C2)ccn1. The first-order valence-corrected chi connectivity index (χ1v) is 6.16. The smallest absolute Gasteiger partial charge is 0.251 e. The van der Waals surface area contributed by atoms with E-state index < -0.39 is 0 Å². The van der Waals surface area contributed by atoms with Gasteiger partial charge >= 0.3 is 0 Å². The minimum absolute atomic E-state index is 0.0816. The summed E-state index contributed by atoms with van der Waals surface area (Å²) in [6.45, 7) is 0.634. The summed E-state index contributed by atoms with van der Waals surface area (Å²) in [5, 5.41) is 12.1. The maximum atomic E-state index is 11.9. The van der Waals surface area contributed by atoms with Crippen LogP contribution in [-0.4, -0.2) is 42.7 Å². The van der Waals surface area contributed by atoms with Gasteiger partial charge in [0.1, 0.15) is 5.82 Å².